The van der Waals surface area contributed by atoms with Crippen molar-refractivity contribution in [2.45, 2.75) is 50.7 Å². The van der Waals surface area contributed by atoms with Crippen LogP contribution in [0.2, 0.25) is 0 Å². The number of halogens is 3. The number of nitrogens with zero attached hydrogens (tertiary/aromatic N) is 6. The topological polar surface area (TPSA) is 60.4 Å². The number of aromatic nitrogens is 5. The molecule has 7 nitrogen and oxygen atoms in total. The molecule has 0 unspecified atom stereocenters. The molecular formula is C27H29F3N6O. The minimum atomic E-state index is -4.58. The van der Waals surface area contributed by atoms with E-state index in [1.165, 1.54) is 16.8 Å². The monoisotopic (exact) mass is 510 g/mol. The maximum Gasteiger partial charge on any atom is 0.418 e. The van der Waals surface area contributed by atoms with Gasteiger partial charge in [0.05, 0.1) is 16.8 Å². The second kappa shape index (κ2) is 9.16. The number of fused-ring (bicyclic) bond motifs is 1. The third-order valence-corrected chi connectivity index (χ3v) is 7.89. The van der Waals surface area contributed by atoms with Gasteiger partial charge >= 0.3 is 11.9 Å². The van der Waals surface area contributed by atoms with Gasteiger partial charge in [0.15, 0.2) is 0 Å². The van der Waals surface area contributed by atoms with Gasteiger partial charge in [-0.05, 0) is 74.0 Å². The van der Waals surface area contributed by atoms with Crippen LogP contribution in [0.5, 0.6) is 0 Å². The minimum absolute atomic E-state index is 0.00623. The zero-order valence-corrected chi connectivity index (χ0v) is 20.7. The molecule has 0 N–H and O–H groups in total. The third kappa shape index (κ3) is 4.37. The molecule has 1 aromatic carbocycles. The van der Waals surface area contributed by atoms with Crippen molar-refractivity contribution in [1.29, 1.82) is 0 Å². The van der Waals surface area contributed by atoms with Gasteiger partial charge in [-0.25, -0.2) is 4.79 Å². The molecule has 6 rings (SSSR count). The minimum Gasteiger partial charge on any atom is -0.320 e. The quantitative estimate of drug-likeness (QED) is 0.375. The Bertz CT molecular complexity index is 1490. The van der Waals surface area contributed by atoms with E-state index in [4.69, 9.17) is 0 Å². The summed E-state index contributed by atoms with van der Waals surface area (Å²) in [6, 6.07) is 8.70. The van der Waals surface area contributed by atoms with Crippen LogP contribution in [0.3, 0.4) is 0 Å². The SMILES string of the molecule is Cn1cnnc1[C@@H](c1cccc(-n2cc3c(C(F)(F)F)cc(CN4CCCC4)cn3c2=O)c1)C1CCC1. The highest BCUT2D eigenvalue weighted by molar-refractivity contribution is 5.58. The highest BCUT2D eigenvalue weighted by Gasteiger charge is 2.35. The smallest absolute Gasteiger partial charge is 0.320 e. The molecule has 3 aromatic heterocycles. The Labute approximate surface area is 212 Å². The average molecular weight is 511 g/mol. The zero-order valence-electron chi connectivity index (χ0n) is 20.7. The maximum absolute atomic E-state index is 14.1. The molecule has 4 aromatic rings. The van der Waals surface area contributed by atoms with Crippen LogP contribution >= 0.6 is 0 Å². The summed E-state index contributed by atoms with van der Waals surface area (Å²) in [7, 11) is 1.91. The van der Waals surface area contributed by atoms with Crippen LogP contribution in [0.4, 0.5) is 13.2 Å². The van der Waals surface area contributed by atoms with Crippen molar-refractivity contribution in [3.05, 3.63) is 82.1 Å². The van der Waals surface area contributed by atoms with E-state index in [2.05, 4.69) is 15.1 Å². The molecule has 194 valence electrons. The molecule has 0 spiro atoms. The van der Waals surface area contributed by atoms with E-state index < -0.39 is 17.4 Å². The van der Waals surface area contributed by atoms with E-state index in [0.29, 0.717) is 23.7 Å². The van der Waals surface area contributed by atoms with E-state index in [1.807, 2.05) is 29.8 Å². The normalized spacial score (nSPS) is 17.9. The van der Waals surface area contributed by atoms with Crippen molar-refractivity contribution in [1.82, 2.24) is 28.6 Å². The number of imidazole rings is 1. The van der Waals surface area contributed by atoms with Crippen molar-refractivity contribution < 1.29 is 13.2 Å². The van der Waals surface area contributed by atoms with Gasteiger partial charge in [0, 0.05) is 31.9 Å². The van der Waals surface area contributed by atoms with Gasteiger partial charge in [-0.15, -0.1) is 10.2 Å². The van der Waals surface area contributed by atoms with Crippen LogP contribution in [0.15, 0.2) is 53.8 Å². The average Bonchev–Trinajstić information content (AvgIpc) is 3.57. The molecule has 1 saturated heterocycles. The Balaban J connectivity index is 1.45. The van der Waals surface area contributed by atoms with Gasteiger partial charge in [0.2, 0.25) is 0 Å². The Morgan fingerprint density at radius 2 is 1.86 bits per heavy atom. The molecule has 2 fully saturated rings. The molecular weight excluding hydrogens is 481 g/mol. The lowest BCUT2D eigenvalue weighted by atomic mass is 9.72. The Kier molecular flexibility index (Phi) is 5.94. The molecule has 4 heterocycles. The fourth-order valence-corrected chi connectivity index (χ4v) is 5.79. The van der Waals surface area contributed by atoms with E-state index in [0.717, 1.165) is 61.0 Å². The van der Waals surface area contributed by atoms with Crippen LogP contribution in [0, 0.1) is 5.92 Å². The molecule has 10 heteroatoms. The number of aryl methyl sites for hydroxylation is 1. The lowest BCUT2D eigenvalue weighted by molar-refractivity contribution is -0.136. The summed E-state index contributed by atoms with van der Waals surface area (Å²) in [6.45, 7) is 2.11. The fourth-order valence-electron chi connectivity index (χ4n) is 5.79. The van der Waals surface area contributed by atoms with Crippen molar-refractivity contribution in [3.63, 3.8) is 0 Å². The molecule has 1 atom stereocenters. The van der Waals surface area contributed by atoms with Gasteiger partial charge in [-0.3, -0.25) is 13.9 Å². The van der Waals surface area contributed by atoms with E-state index >= 15 is 0 Å². The van der Waals surface area contributed by atoms with Gasteiger partial charge in [0.1, 0.15) is 12.2 Å². The van der Waals surface area contributed by atoms with E-state index in [9.17, 15) is 18.0 Å². The van der Waals surface area contributed by atoms with Crippen molar-refractivity contribution in [3.8, 4) is 5.69 Å². The largest absolute Gasteiger partial charge is 0.418 e. The molecule has 37 heavy (non-hydrogen) atoms. The summed E-state index contributed by atoms with van der Waals surface area (Å²) in [5.41, 5.74) is 0.556. The van der Waals surface area contributed by atoms with Gasteiger partial charge < -0.3 is 4.57 Å². The zero-order chi connectivity index (χ0) is 25.7. The molecule has 1 aliphatic carbocycles. The molecule has 0 amide bonds. The maximum atomic E-state index is 14.1. The molecule has 0 bridgehead atoms. The van der Waals surface area contributed by atoms with Crippen LogP contribution < -0.4 is 5.69 Å². The first-order valence-corrected chi connectivity index (χ1v) is 12.8. The first-order chi connectivity index (χ1) is 17.8. The summed E-state index contributed by atoms with van der Waals surface area (Å²) in [5, 5.41) is 8.41. The third-order valence-electron chi connectivity index (χ3n) is 7.89. The second-order valence-corrected chi connectivity index (χ2v) is 10.3. The fraction of sp³-hybridized carbons (Fsp3) is 0.444. The molecule has 1 aliphatic heterocycles. The van der Waals surface area contributed by atoms with Gasteiger partial charge in [-0.1, -0.05) is 18.6 Å². The standard InChI is InChI=1S/C27H29F3N6O/c1-33-17-31-32-25(33)24(19-6-4-7-19)20-8-5-9-21(13-20)35-16-23-22(27(28,29)30)12-18(15-36(23)26(35)37)14-34-10-2-3-11-34/h5,8-9,12-13,15-17,19,24H,2-4,6-7,10-11,14H2,1H3/t24-/m1/s1. The number of hydrogen-bond donors (Lipinski definition) is 0. The Hall–Kier alpha value is -3.40. The number of alkyl halides is 3. The number of pyridine rings is 1. The molecule has 2 aliphatic rings. The number of hydrogen-bond acceptors (Lipinski definition) is 4. The Morgan fingerprint density at radius 3 is 2.51 bits per heavy atom. The number of rotatable bonds is 6. The van der Waals surface area contributed by atoms with Crippen LogP contribution in [-0.2, 0) is 19.8 Å². The first-order valence-electron chi connectivity index (χ1n) is 12.8. The lowest BCUT2D eigenvalue weighted by Crippen LogP contribution is -2.24. The Morgan fingerprint density at radius 1 is 1.08 bits per heavy atom. The van der Waals surface area contributed by atoms with Crippen molar-refractivity contribution in [2.75, 3.05) is 13.1 Å². The first kappa shape index (κ1) is 24.0. The van der Waals surface area contributed by atoms with Crippen molar-refractivity contribution >= 4 is 5.52 Å². The second-order valence-electron chi connectivity index (χ2n) is 10.3. The summed E-state index contributed by atoms with van der Waals surface area (Å²) < 4.78 is 46.7. The van der Waals surface area contributed by atoms with Crippen LogP contribution in [-0.4, -0.2) is 41.7 Å². The van der Waals surface area contributed by atoms with Crippen molar-refractivity contribution in [2.24, 2.45) is 13.0 Å². The number of benzene rings is 1. The lowest BCUT2D eigenvalue weighted by Gasteiger charge is -2.33. The van der Waals surface area contributed by atoms with Crippen LogP contribution in [0.25, 0.3) is 11.2 Å². The summed E-state index contributed by atoms with van der Waals surface area (Å²) >= 11 is 0. The van der Waals surface area contributed by atoms with Crippen LogP contribution in [0.1, 0.15) is 60.5 Å². The number of likely N-dealkylation sites (tertiary alicyclic amines) is 1. The summed E-state index contributed by atoms with van der Waals surface area (Å²) in [5.74, 6) is 1.27. The van der Waals surface area contributed by atoms with E-state index in [-0.39, 0.29) is 11.4 Å². The predicted octanol–water partition coefficient (Wildman–Crippen LogP) is 4.77. The highest BCUT2D eigenvalue weighted by Crippen LogP contribution is 2.43. The summed E-state index contributed by atoms with van der Waals surface area (Å²) in [4.78, 5) is 15.6. The summed E-state index contributed by atoms with van der Waals surface area (Å²) in [6.07, 6.45) is 5.35. The van der Waals surface area contributed by atoms with Gasteiger partial charge in [0.25, 0.3) is 0 Å². The van der Waals surface area contributed by atoms with Gasteiger partial charge in [-0.2, -0.15) is 13.2 Å². The van der Waals surface area contributed by atoms with E-state index in [1.54, 1.807) is 18.6 Å². The molecule has 1 saturated carbocycles. The highest BCUT2D eigenvalue weighted by atomic mass is 19.4. The predicted molar refractivity (Wildman–Crippen MR) is 133 cm³/mol. The molecule has 0 radical (unpaired) electrons.